The van der Waals surface area contributed by atoms with Crippen LogP contribution in [0.2, 0.25) is 0 Å². The predicted octanol–water partition coefficient (Wildman–Crippen LogP) is -0.0503. The number of hydrogen-bond donors (Lipinski definition) is 3. The average Bonchev–Trinajstić information content (AvgIpc) is 2.71. The second-order valence-electron chi connectivity index (χ2n) is 7.42. The Morgan fingerprint density at radius 1 is 1.23 bits per heavy atom. The van der Waals surface area contributed by atoms with Gasteiger partial charge in [-0.25, -0.2) is 17.5 Å². The van der Waals surface area contributed by atoms with E-state index in [1.54, 1.807) is 7.11 Å². The molecule has 0 aliphatic carbocycles. The Morgan fingerprint density at radius 2 is 1.90 bits per heavy atom. The summed E-state index contributed by atoms with van der Waals surface area (Å²) in [6.45, 7) is 2.08. The molecule has 11 heteroatoms. The van der Waals surface area contributed by atoms with Gasteiger partial charge in [0.05, 0.1) is 13.2 Å². The Morgan fingerprint density at radius 3 is 2.53 bits per heavy atom. The maximum atomic E-state index is 12.9. The molecule has 4 amide bonds. The number of carbonyl (C=O) groups is 3. The minimum Gasteiger partial charge on any atom is -0.496 e. The number of ether oxygens (including phenoxy) is 1. The molecule has 2 saturated heterocycles. The maximum Gasteiger partial charge on any atom is 0.321 e. The molecule has 2 fully saturated rings. The quantitative estimate of drug-likeness (QED) is 0.570. The Balaban J connectivity index is 1.57. The summed E-state index contributed by atoms with van der Waals surface area (Å²) in [4.78, 5) is 36.0. The van der Waals surface area contributed by atoms with Crippen molar-refractivity contribution in [2.45, 2.75) is 37.6 Å². The van der Waals surface area contributed by atoms with Crippen molar-refractivity contribution in [3.05, 3.63) is 29.8 Å². The van der Waals surface area contributed by atoms with Gasteiger partial charge in [0.25, 0.3) is 0 Å². The van der Waals surface area contributed by atoms with Gasteiger partial charge in [-0.3, -0.25) is 14.9 Å². The standard InChI is InChI=1S/C19H26N4O6S/c1-12-16(18(25)22-19(26)21-12)30(27,28)23-9-7-13(8-10-23)17(24)20-11-14-5-3-4-6-15(14)29-2/h3-6,12-13,16H,7-11H2,1-2H3,(H,20,24)(H2,21,22,25,26). The number of sulfonamides is 1. The van der Waals surface area contributed by atoms with E-state index >= 15 is 0 Å². The molecule has 0 aromatic heterocycles. The van der Waals surface area contributed by atoms with E-state index in [1.807, 2.05) is 29.6 Å². The smallest absolute Gasteiger partial charge is 0.321 e. The number of methoxy groups -OCH3 is 1. The number of nitrogens with one attached hydrogen (secondary N) is 3. The van der Waals surface area contributed by atoms with Gasteiger partial charge in [0.1, 0.15) is 5.75 Å². The van der Waals surface area contributed by atoms with E-state index in [9.17, 15) is 22.8 Å². The lowest BCUT2D eigenvalue weighted by Crippen LogP contribution is -2.64. The lowest BCUT2D eigenvalue weighted by molar-refractivity contribution is -0.126. The number of carbonyl (C=O) groups excluding carboxylic acids is 3. The molecule has 1 aromatic rings. The first-order valence-electron chi connectivity index (χ1n) is 9.74. The molecule has 3 rings (SSSR count). The summed E-state index contributed by atoms with van der Waals surface area (Å²) in [5, 5.41) is 5.92. The van der Waals surface area contributed by atoms with Crippen LogP contribution in [0.1, 0.15) is 25.3 Å². The lowest BCUT2D eigenvalue weighted by Gasteiger charge is -2.36. The normalized spacial score (nSPS) is 23.4. The van der Waals surface area contributed by atoms with Crippen LogP contribution in [0, 0.1) is 5.92 Å². The van der Waals surface area contributed by atoms with Crippen molar-refractivity contribution in [1.82, 2.24) is 20.3 Å². The fraction of sp³-hybridized carbons (Fsp3) is 0.526. The maximum absolute atomic E-state index is 12.9. The molecule has 2 unspecified atom stereocenters. The first kappa shape index (κ1) is 22.0. The SMILES string of the molecule is COc1ccccc1CNC(=O)C1CCN(S(=O)(=O)C2C(=O)NC(=O)NC2C)CC1. The summed E-state index contributed by atoms with van der Waals surface area (Å²) in [6.07, 6.45) is 0.706. The Kier molecular flexibility index (Phi) is 6.61. The summed E-state index contributed by atoms with van der Waals surface area (Å²) < 4.78 is 32.4. The van der Waals surface area contributed by atoms with Crippen molar-refractivity contribution >= 4 is 27.9 Å². The molecule has 30 heavy (non-hydrogen) atoms. The van der Waals surface area contributed by atoms with Crippen LogP contribution in [0.15, 0.2) is 24.3 Å². The van der Waals surface area contributed by atoms with E-state index in [0.29, 0.717) is 25.1 Å². The van der Waals surface area contributed by atoms with E-state index in [-0.39, 0.29) is 24.9 Å². The number of para-hydroxylation sites is 1. The second-order valence-corrected chi connectivity index (χ2v) is 9.47. The third-order valence-corrected chi connectivity index (χ3v) is 7.81. The molecule has 2 heterocycles. The highest BCUT2D eigenvalue weighted by atomic mass is 32.2. The van der Waals surface area contributed by atoms with E-state index in [1.165, 1.54) is 11.2 Å². The minimum atomic E-state index is -3.96. The van der Waals surface area contributed by atoms with Crippen molar-refractivity contribution in [2.24, 2.45) is 5.92 Å². The average molecular weight is 439 g/mol. The molecule has 0 saturated carbocycles. The summed E-state index contributed by atoms with van der Waals surface area (Å²) in [5.74, 6) is -0.605. The molecule has 0 bridgehead atoms. The molecule has 10 nitrogen and oxygen atoms in total. The highest BCUT2D eigenvalue weighted by Gasteiger charge is 2.46. The molecule has 2 aliphatic rings. The summed E-state index contributed by atoms with van der Waals surface area (Å²) in [7, 11) is -2.40. The van der Waals surface area contributed by atoms with Crippen LogP contribution >= 0.6 is 0 Å². The monoisotopic (exact) mass is 438 g/mol. The number of amides is 4. The largest absolute Gasteiger partial charge is 0.496 e. The minimum absolute atomic E-state index is 0.138. The third kappa shape index (κ3) is 4.57. The molecule has 0 radical (unpaired) electrons. The number of nitrogens with zero attached hydrogens (tertiary/aromatic N) is 1. The molecule has 0 spiro atoms. The van der Waals surface area contributed by atoms with Crippen molar-refractivity contribution in [3.8, 4) is 5.75 Å². The molecule has 2 atom stereocenters. The van der Waals surface area contributed by atoms with Crippen molar-refractivity contribution < 1.29 is 27.5 Å². The molecular weight excluding hydrogens is 412 g/mol. The summed E-state index contributed by atoms with van der Waals surface area (Å²) in [6, 6.07) is 5.85. The fourth-order valence-corrected chi connectivity index (χ4v) is 5.79. The summed E-state index contributed by atoms with van der Waals surface area (Å²) >= 11 is 0. The van der Waals surface area contributed by atoms with Crippen molar-refractivity contribution in [2.75, 3.05) is 20.2 Å². The van der Waals surface area contributed by atoms with Gasteiger partial charge in [-0.2, -0.15) is 0 Å². The molecule has 3 N–H and O–H groups in total. The van der Waals surface area contributed by atoms with Gasteiger partial charge in [-0.1, -0.05) is 18.2 Å². The van der Waals surface area contributed by atoms with Gasteiger partial charge < -0.3 is 15.4 Å². The van der Waals surface area contributed by atoms with Crippen molar-refractivity contribution in [3.63, 3.8) is 0 Å². The van der Waals surface area contributed by atoms with Gasteiger partial charge >= 0.3 is 6.03 Å². The van der Waals surface area contributed by atoms with Gasteiger partial charge in [-0.15, -0.1) is 0 Å². The fourth-order valence-electron chi connectivity index (χ4n) is 3.83. The first-order chi connectivity index (χ1) is 14.2. The number of imide groups is 1. The van der Waals surface area contributed by atoms with Crippen LogP contribution in [0.4, 0.5) is 4.79 Å². The highest BCUT2D eigenvalue weighted by molar-refractivity contribution is 7.90. The highest BCUT2D eigenvalue weighted by Crippen LogP contribution is 2.24. The van der Waals surface area contributed by atoms with E-state index in [0.717, 1.165) is 5.56 Å². The van der Waals surface area contributed by atoms with Crippen LogP contribution in [-0.2, 0) is 26.2 Å². The van der Waals surface area contributed by atoms with E-state index in [2.05, 4.69) is 10.6 Å². The topological polar surface area (TPSA) is 134 Å². The van der Waals surface area contributed by atoms with Crippen LogP contribution in [0.3, 0.4) is 0 Å². The number of hydrogen-bond acceptors (Lipinski definition) is 6. The number of urea groups is 1. The zero-order chi connectivity index (χ0) is 21.9. The van der Waals surface area contributed by atoms with Crippen LogP contribution < -0.4 is 20.7 Å². The van der Waals surface area contributed by atoms with Gasteiger partial charge in [-0.05, 0) is 25.8 Å². The molecule has 2 aliphatic heterocycles. The van der Waals surface area contributed by atoms with Crippen LogP contribution in [-0.4, -0.2) is 62.1 Å². The zero-order valence-corrected chi connectivity index (χ0v) is 17.7. The third-order valence-electron chi connectivity index (χ3n) is 5.46. The number of benzene rings is 1. The van der Waals surface area contributed by atoms with Crippen molar-refractivity contribution in [1.29, 1.82) is 0 Å². The Labute approximate surface area is 175 Å². The second kappa shape index (κ2) is 9.00. The predicted molar refractivity (Wildman–Crippen MR) is 108 cm³/mol. The number of rotatable bonds is 6. The van der Waals surface area contributed by atoms with Crippen LogP contribution in [0.5, 0.6) is 5.75 Å². The van der Waals surface area contributed by atoms with Gasteiger partial charge in [0.15, 0.2) is 5.25 Å². The van der Waals surface area contributed by atoms with E-state index < -0.39 is 33.3 Å². The number of piperidine rings is 1. The van der Waals surface area contributed by atoms with Gasteiger partial charge in [0.2, 0.25) is 21.8 Å². The zero-order valence-electron chi connectivity index (χ0n) is 16.9. The summed E-state index contributed by atoms with van der Waals surface area (Å²) in [5.41, 5.74) is 0.854. The van der Waals surface area contributed by atoms with E-state index in [4.69, 9.17) is 4.74 Å². The molecule has 1 aromatic carbocycles. The Bertz CT molecular complexity index is 927. The molecular formula is C19H26N4O6S. The lowest BCUT2D eigenvalue weighted by atomic mass is 9.97. The molecule has 164 valence electrons. The van der Waals surface area contributed by atoms with Crippen LogP contribution in [0.25, 0.3) is 0 Å². The van der Waals surface area contributed by atoms with Gasteiger partial charge in [0, 0.05) is 31.1 Å². The first-order valence-corrected chi connectivity index (χ1v) is 11.2. The Hall–Kier alpha value is -2.66.